The number of nitrogens with one attached hydrogen (secondary N) is 1. The van der Waals surface area contributed by atoms with Gasteiger partial charge in [-0.25, -0.2) is 4.39 Å². The molecular weight excluding hydrogens is 369 g/mol. The SMILES string of the molecule is COc1cc2c(cc1OC)C(=O)C(F)(CC1CCNCC1Cc1ccccc1)C2. The van der Waals surface area contributed by atoms with Gasteiger partial charge in [-0.3, -0.25) is 4.79 Å². The molecule has 1 fully saturated rings. The normalized spacial score (nSPS) is 26.2. The van der Waals surface area contributed by atoms with Crippen LogP contribution in [0.3, 0.4) is 0 Å². The van der Waals surface area contributed by atoms with E-state index in [1.165, 1.54) is 12.7 Å². The van der Waals surface area contributed by atoms with Gasteiger partial charge >= 0.3 is 0 Å². The van der Waals surface area contributed by atoms with E-state index >= 15 is 4.39 Å². The van der Waals surface area contributed by atoms with Crippen molar-refractivity contribution >= 4 is 5.78 Å². The van der Waals surface area contributed by atoms with Crippen LogP contribution in [-0.4, -0.2) is 38.8 Å². The van der Waals surface area contributed by atoms with E-state index in [1.54, 1.807) is 19.2 Å². The molecule has 5 heteroatoms. The Kier molecular flexibility index (Phi) is 5.59. The number of ketones is 1. The third kappa shape index (κ3) is 3.88. The topological polar surface area (TPSA) is 47.6 Å². The number of ether oxygens (including phenoxy) is 2. The van der Waals surface area contributed by atoms with Gasteiger partial charge in [0, 0.05) is 12.0 Å². The molecule has 1 heterocycles. The van der Waals surface area contributed by atoms with Crippen LogP contribution < -0.4 is 14.8 Å². The molecule has 3 unspecified atom stereocenters. The highest BCUT2D eigenvalue weighted by atomic mass is 19.1. The van der Waals surface area contributed by atoms with Crippen LogP contribution >= 0.6 is 0 Å². The van der Waals surface area contributed by atoms with Crippen molar-refractivity contribution in [2.75, 3.05) is 27.3 Å². The maximum Gasteiger partial charge on any atom is 0.200 e. The number of alkyl halides is 1. The number of hydrogen-bond donors (Lipinski definition) is 1. The zero-order chi connectivity index (χ0) is 20.4. The van der Waals surface area contributed by atoms with E-state index in [0.29, 0.717) is 28.5 Å². The molecule has 0 saturated carbocycles. The van der Waals surface area contributed by atoms with Crippen LogP contribution in [0.2, 0.25) is 0 Å². The largest absolute Gasteiger partial charge is 0.493 e. The minimum Gasteiger partial charge on any atom is -0.493 e. The molecule has 0 spiro atoms. The zero-order valence-electron chi connectivity index (χ0n) is 17.0. The van der Waals surface area contributed by atoms with Crippen LogP contribution in [0.1, 0.15) is 34.3 Å². The molecule has 2 aromatic rings. The van der Waals surface area contributed by atoms with Crippen molar-refractivity contribution in [2.45, 2.75) is 31.4 Å². The molecule has 1 N–H and O–H groups in total. The van der Waals surface area contributed by atoms with Gasteiger partial charge in [-0.15, -0.1) is 0 Å². The van der Waals surface area contributed by atoms with Gasteiger partial charge in [-0.05, 0) is 67.4 Å². The summed E-state index contributed by atoms with van der Waals surface area (Å²) in [6.07, 6.45) is 2.17. The molecule has 1 aliphatic carbocycles. The van der Waals surface area contributed by atoms with E-state index < -0.39 is 11.5 Å². The molecular formula is C24H28FNO3. The second kappa shape index (κ2) is 8.15. The van der Waals surface area contributed by atoms with Gasteiger partial charge in [-0.1, -0.05) is 30.3 Å². The number of Topliss-reactive ketones (excluding diaryl/α,β-unsaturated/α-hetero) is 1. The van der Waals surface area contributed by atoms with Crippen LogP contribution in [-0.2, 0) is 12.8 Å². The monoisotopic (exact) mass is 397 g/mol. The lowest BCUT2D eigenvalue weighted by molar-refractivity contribution is 0.0581. The number of piperidine rings is 1. The first kappa shape index (κ1) is 19.9. The summed E-state index contributed by atoms with van der Waals surface area (Å²) >= 11 is 0. The van der Waals surface area contributed by atoms with Crippen molar-refractivity contribution in [3.05, 3.63) is 59.2 Å². The third-order valence-corrected chi connectivity index (χ3v) is 6.42. The molecule has 29 heavy (non-hydrogen) atoms. The summed E-state index contributed by atoms with van der Waals surface area (Å²) in [5, 5.41) is 3.44. The highest BCUT2D eigenvalue weighted by Gasteiger charge is 2.49. The second-order valence-corrected chi connectivity index (χ2v) is 8.24. The third-order valence-electron chi connectivity index (χ3n) is 6.42. The summed E-state index contributed by atoms with van der Waals surface area (Å²) in [6.45, 7) is 1.73. The maximum absolute atomic E-state index is 16.0. The Bertz CT molecular complexity index is 885. The Balaban J connectivity index is 1.54. The lowest BCUT2D eigenvalue weighted by Gasteiger charge is -2.35. The number of carbonyl (C=O) groups is 1. The maximum atomic E-state index is 16.0. The fraction of sp³-hybridized carbons (Fsp3) is 0.458. The van der Waals surface area contributed by atoms with Crippen LogP contribution in [0.25, 0.3) is 0 Å². The molecule has 2 aromatic carbocycles. The zero-order valence-corrected chi connectivity index (χ0v) is 17.0. The molecule has 154 valence electrons. The Morgan fingerprint density at radius 1 is 1.10 bits per heavy atom. The number of halogens is 1. The predicted octanol–water partition coefficient (Wildman–Crippen LogP) is 4.01. The number of fused-ring (bicyclic) bond motifs is 1. The summed E-state index contributed by atoms with van der Waals surface area (Å²) in [6, 6.07) is 13.7. The lowest BCUT2D eigenvalue weighted by atomic mass is 9.75. The van der Waals surface area contributed by atoms with E-state index in [4.69, 9.17) is 9.47 Å². The fourth-order valence-electron chi connectivity index (χ4n) is 4.88. The number of carbonyl (C=O) groups excluding carboxylic acids is 1. The van der Waals surface area contributed by atoms with Gasteiger partial charge < -0.3 is 14.8 Å². The van der Waals surface area contributed by atoms with Crippen molar-refractivity contribution in [3.63, 3.8) is 0 Å². The highest BCUT2D eigenvalue weighted by Crippen LogP contribution is 2.44. The van der Waals surface area contributed by atoms with Gasteiger partial charge in [0.05, 0.1) is 14.2 Å². The minimum absolute atomic E-state index is 0.115. The van der Waals surface area contributed by atoms with Crippen molar-refractivity contribution in [3.8, 4) is 11.5 Å². The van der Waals surface area contributed by atoms with Crippen LogP contribution in [0, 0.1) is 11.8 Å². The molecule has 1 aliphatic heterocycles. The summed E-state index contributed by atoms with van der Waals surface area (Å²) < 4.78 is 26.6. The minimum atomic E-state index is -1.85. The molecule has 4 rings (SSSR count). The van der Waals surface area contributed by atoms with Crippen molar-refractivity contribution in [1.82, 2.24) is 5.32 Å². The summed E-state index contributed by atoms with van der Waals surface area (Å²) in [7, 11) is 3.07. The Morgan fingerprint density at radius 3 is 2.55 bits per heavy atom. The fourth-order valence-corrected chi connectivity index (χ4v) is 4.88. The molecule has 2 aliphatic rings. The first-order valence-corrected chi connectivity index (χ1v) is 10.3. The number of methoxy groups -OCH3 is 2. The number of benzene rings is 2. The van der Waals surface area contributed by atoms with Crippen molar-refractivity contribution in [2.24, 2.45) is 11.8 Å². The highest BCUT2D eigenvalue weighted by molar-refractivity contribution is 6.07. The molecule has 0 radical (unpaired) electrons. The molecule has 4 nitrogen and oxygen atoms in total. The lowest BCUT2D eigenvalue weighted by Crippen LogP contribution is -2.43. The van der Waals surface area contributed by atoms with Gasteiger partial charge in [0.2, 0.25) is 5.78 Å². The van der Waals surface area contributed by atoms with Crippen molar-refractivity contribution in [1.29, 1.82) is 0 Å². The molecule has 0 amide bonds. The first-order valence-electron chi connectivity index (χ1n) is 10.3. The number of hydrogen-bond acceptors (Lipinski definition) is 4. The van der Waals surface area contributed by atoms with E-state index in [2.05, 4.69) is 17.4 Å². The van der Waals surface area contributed by atoms with Crippen LogP contribution in [0.5, 0.6) is 11.5 Å². The molecule has 1 saturated heterocycles. The predicted molar refractivity (Wildman–Crippen MR) is 111 cm³/mol. The van der Waals surface area contributed by atoms with Gasteiger partial charge in [0.1, 0.15) is 0 Å². The number of rotatable bonds is 6. The Labute approximate surface area is 171 Å². The molecule has 0 bridgehead atoms. The first-order chi connectivity index (χ1) is 14.0. The standard InChI is InChI=1S/C24H28FNO3/c1-28-21-11-18-14-24(25,23(27)20(18)12-22(21)29-2)13-17-8-9-26-15-19(17)10-16-6-4-3-5-7-16/h3-7,11-12,17,19,26H,8-10,13-15H2,1-2H3. The van der Waals surface area contributed by atoms with Gasteiger partial charge in [0.15, 0.2) is 17.2 Å². The van der Waals surface area contributed by atoms with Crippen molar-refractivity contribution < 1.29 is 18.7 Å². The Hall–Kier alpha value is -2.40. The van der Waals surface area contributed by atoms with Crippen LogP contribution in [0.15, 0.2) is 42.5 Å². The Morgan fingerprint density at radius 2 is 1.83 bits per heavy atom. The smallest absolute Gasteiger partial charge is 0.200 e. The van der Waals surface area contributed by atoms with E-state index in [1.807, 2.05) is 18.2 Å². The summed E-state index contributed by atoms with van der Waals surface area (Å²) in [5.74, 6) is 1.08. The van der Waals surface area contributed by atoms with Gasteiger partial charge in [-0.2, -0.15) is 0 Å². The molecule has 3 atom stereocenters. The second-order valence-electron chi connectivity index (χ2n) is 8.24. The quantitative estimate of drug-likeness (QED) is 0.800. The van der Waals surface area contributed by atoms with Crippen LogP contribution in [0.4, 0.5) is 4.39 Å². The average Bonchev–Trinajstić information content (AvgIpc) is 2.98. The van der Waals surface area contributed by atoms with E-state index in [-0.39, 0.29) is 18.8 Å². The summed E-state index contributed by atoms with van der Waals surface area (Å²) in [5.41, 5.74) is 0.549. The van der Waals surface area contributed by atoms with E-state index in [9.17, 15) is 4.79 Å². The summed E-state index contributed by atoms with van der Waals surface area (Å²) in [4.78, 5) is 13.0. The average molecular weight is 397 g/mol. The van der Waals surface area contributed by atoms with Gasteiger partial charge in [0.25, 0.3) is 0 Å². The van der Waals surface area contributed by atoms with E-state index in [0.717, 1.165) is 25.9 Å². The molecule has 0 aromatic heterocycles.